The Bertz CT molecular complexity index is 890. The Hall–Kier alpha value is -2.12. The second kappa shape index (κ2) is 6.65. The summed E-state index contributed by atoms with van der Waals surface area (Å²) in [5, 5.41) is 0. The molecule has 0 unspecified atom stereocenters. The number of thiocarbonyl (C=S) groups is 1. The van der Waals surface area contributed by atoms with E-state index in [2.05, 4.69) is 0 Å². The number of carbonyl (C=O) groups is 1. The lowest BCUT2D eigenvalue weighted by Crippen LogP contribution is -2.27. The molecule has 0 N–H and O–H groups in total. The number of aryl methyl sites for hydroxylation is 1. The topological polar surface area (TPSA) is 20.3 Å². The van der Waals surface area contributed by atoms with Crippen LogP contribution in [-0.4, -0.2) is 10.2 Å². The summed E-state index contributed by atoms with van der Waals surface area (Å²) in [6.07, 6.45) is -2.77. The molecule has 0 aromatic heterocycles. The number of hydrogen-bond acceptors (Lipinski definition) is 3. The zero-order valence-corrected chi connectivity index (χ0v) is 14.6. The van der Waals surface area contributed by atoms with Gasteiger partial charge in [0.1, 0.15) is 0 Å². The molecule has 1 aliphatic rings. The van der Waals surface area contributed by atoms with Gasteiger partial charge in [0.2, 0.25) is 0 Å². The average Bonchev–Trinajstić information content (AvgIpc) is 2.83. The molecule has 0 spiro atoms. The van der Waals surface area contributed by atoms with Crippen molar-refractivity contribution in [3.8, 4) is 0 Å². The number of thioether (sulfide) groups is 1. The van der Waals surface area contributed by atoms with Gasteiger partial charge in [0.25, 0.3) is 5.91 Å². The van der Waals surface area contributed by atoms with Crippen molar-refractivity contribution in [2.45, 2.75) is 13.1 Å². The van der Waals surface area contributed by atoms with E-state index in [1.165, 1.54) is 12.1 Å². The van der Waals surface area contributed by atoms with Gasteiger partial charge in [0.15, 0.2) is 4.32 Å². The maximum absolute atomic E-state index is 12.9. The van der Waals surface area contributed by atoms with E-state index in [-0.39, 0.29) is 10.0 Å². The Morgan fingerprint density at radius 2 is 1.84 bits per heavy atom. The minimum atomic E-state index is -4.48. The second-order valence-corrected chi connectivity index (χ2v) is 7.10. The van der Waals surface area contributed by atoms with Gasteiger partial charge in [-0.1, -0.05) is 54.3 Å². The molecular weight excluding hydrogens is 367 g/mol. The lowest BCUT2D eigenvalue weighted by atomic mass is 10.1. The van der Waals surface area contributed by atoms with Gasteiger partial charge in [-0.2, -0.15) is 13.2 Å². The summed E-state index contributed by atoms with van der Waals surface area (Å²) in [7, 11) is 0. The van der Waals surface area contributed by atoms with Gasteiger partial charge >= 0.3 is 6.18 Å². The highest BCUT2D eigenvalue weighted by Crippen LogP contribution is 2.38. The minimum absolute atomic E-state index is 0.116. The standard InChI is InChI=1S/C18H12F3NOS2/c1-11-5-2-3-6-12(11)9-15-16(23)22(17(24)25-15)14-8-4-7-13(10-14)18(19,20)21/h2-10H,1H3. The summed E-state index contributed by atoms with van der Waals surface area (Å²) >= 11 is 6.29. The first-order valence-electron chi connectivity index (χ1n) is 7.28. The highest BCUT2D eigenvalue weighted by atomic mass is 32.2. The van der Waals surface area contributed by atoms with Crippen molar-refractivity contribution in [1.29, 1.82) is 0 Å². The van der Waals surface area contributed by atoms with E-state index in [1.807, 2.05) is 31.2 Å². The van der Waals surface area contributed by atoms with Gasteiger partial charge in [-0.15, -0.1) is 0 Å². The van der Waals surface area contributed by atoms with Crippen LogP contribution in [-0.2, 0) is 11.0 Å². The highest BCUT2D eigenvalue weighted by molar-refractivity contribution is 8.27. The summed E-state index contributed by atoms with van der Waals surface area (Å²) in [6, 6.07) is 12.1. The van der Waals surface area contributed by atoms with Crippen LogP contribution in [0.5, 0.6) is 0 Å². The van der Waals surface area contributed by atoms with Crippen molar-refractivity contribution in [3.05, 3.63) is 70.1 Å². The van der Waals surface area contributed by atoms with Crippen LogP contribution in [0, 0.1) is 6.92 Å². The van der Waals surface area contributed by atoms with Crippen LogP contribution in [0.2, 0.25) is 0 Å². The van der Waals surface area contributed by atoms with Crippen LogP contribution in [0.4, 0.5) is 18.9 Å². The monoisotopic (exact) mass is 379 g/mol. The number of rotatable bonds is 2. The SMILES string of the molecule is Cc1ccccc1C=C1SC(=S)N(c2cccc(C(F)(F)F)c2)C1=O. The van der Waals surface area contributed by atoms with Crippen LogP contribution >= 0.6 is 24.0 Å². The third kappa shape index (κ3) is 3.62. The van der Waals surface area contributed by atoms with Gasteiger partial charge in [-0.05, 0) is 42.3 Å². The second-order valence-electron chi connectivity index (χ2n) is 5.42. The van der Waals surface area contributed by atoms with Crippen LogP contribution in [0.25, 0.3) is 6.08 Å². The fourth-order valence-electron chi connectivity index (χ4n) is 2.40. The Morgan fingerprint density at radius 3 is 2.52 bits per heavy atom. The first-order valence-corrected chi connectivity index (χ1v) is 8.51. The molecule has 0 radical (unpaired) electrons. The van der Waals surface area contributed by atoms with Crippen molar-refractivity contribution in [1.82, 2.24) is 0 Å². The minimum Gasteiger partial charge on any atom is -0.268 e. The van der Waals surface area contributed by atoms with Gasteiger partial charge in [-0.3, -0.25) is 9.69 Å². The Balaban J connectivity index is 1.96. The first-order chi connectivity index (χ1) is 11.8. The summed E-state index contributed by atoms with van der Waals surface area (Å²) in [5.41, 5.74) is 1.16. The predicted molar refractivity (Wildman–Crippen MR) is 98.3 cm³/mol. The van der Waals surface area contributed by atoms with E-state index in [9.17, 15) is 18.0 Å². The van der Waals surface area contributed by atoms with E-state index < -0.39 is 17.6 Å². The molecule has 2 nitrogen and oxygen atoms in total. The largest absolute Gasteiger partial charge is 0.416 e. The number of hydrogen-bond donors (Lipinski definition) is 0. The molecule has 3 rings (SSSR count). The average molecular weight is 379 g/mol. The number of carbonyl (C=O) groups excluding carboxylic acids is 1. The maximum atomic E-state index is 12.9. The molecular formula is C18H12F3NOS2. The van der Waals surface area contributed by atoms with Crippen molar-refractivity contribution >= 4 is 46.0 Å². The predicted octanol–water partition coefficient (Wildman–Crippen LogP) is 5.42. The van der Waals surface area contributed by atoms with Crippen molar-refractivity contribution < 1.29 is 18.0 Å². The molecule has 1 amide bonds. The summed E-state index contributed by atoms with van der Waals surface area (Å²) in [6.45, 7) is 1.92. The van der Waals surface area contributed by atoms with Crippen LogP contribution in [0.3, 0.4) is 0 Å². The van der Waals surface area contributed by atoms with Crippen molar-refractivity contribution in [2.24, 2.45) is 0 Å². The van der Waals surface area contributed by atoms with Crippen molar-refractivity contribution in [3.63, 3.8) is 0 Å². The fourth-order valence-corrected chi connectivity index (χ4v) is 3.69. The first kappa shape index (κ1) is 17.7. The number of amides is 1. The van der Waals surface area contributed by atoms with Crippen LogP contribution in [0.15, 0.2) is 53.4 Å². The highest BCUT2D eigenvalue weighted by Gasteiger charge is 2.36. The lowest BCUT2D eigenvalue weighted by Gasteiger charge is -2.16. The smallest absolute Gasteiger partial charge is 0.268 e. The fraction of sp³-hybridized carbons (Fsp3) is 0.111. The Kier molecular flexibility index (Phi) is 4.71. The molecule has 1 aliphatic heterocycles. The quantitative estimate of drug-likeness (QED) is 0.513. The van der Waals surface area contributed by atoms with E-state index >= 15 is 0 Å². The van der Waals surface area contributed by atoms with Gasteiger partial charge in [-0.25, -0.2) is 0 Å². The Labute approximate surface area is 152 Å². The molecule has 1 fully saturated rings. The molecule has 0 aliphatic carbocycles. The molecule has 7 heteroatoms. The number of alkyl halides is 3. The molecule has 1 saturated heterocycles. The molecule has 0 bridgehead atoms. The number of anilines is 1. The molecule has 2 aromatic rings. The van der Waals surface area contributed by atoms with Gasteiger partial charge in [0.05, 0.1) is 16.2 Å². The summed E-state index contributed by atoms with van der Waals surface area (Å²) in [4.78, 5) is 14.2. The van der Waals surface area contributed by atoms with Gasteiger partial charge < -0.3 is 0 Å². The number of halogens is 3. The summed E-state index contributed by atoms with van der Waals surface area (Å²) in [5.74, 6) is -0.419. The molecule has 128 valence electrons. The zero-order chi connectivity index (χ0) is 18.2. The lowest BCUT2D eigenvalue weighted by molar-refractivity contribution is -0.137. The molecule has 0 atom stereocenters. The zero-order valence-electron chi connectivity index (χ0n) is 13.0. The van der Waals surface area contributed by atoms with Crippen molar-refractivity contribution in [2.75, 3.05) is 4.90 Å². The molecule has 25 heavy (non-hydrogen) atoms. The van der Waals surface area contributed by atoms with Crippen LogP contribution in [0.1, 0.15) is 16.7 Å². The molecule has 2 aromatic carbocycles. The molecule has 0 saturated carbocycles. The van der Waals surface area contributed by atoms with E-state index in [0.717, 1.165) is 39.9 Å². The van der Waals surface area contributed by atoms with E-state index in [4.69, 9.17) is 12.2 Å². The van der Waals surface area contributed by atoms with E-state index in [1.54, 1.807) is 6.08 Å². The Morgan fingerprint density at radius 1 is 1.12 bits per heavy atom. The normalized spacial score (nSPS) is 16.8. The summed E-state index contributed by atoms with van der Waals surface area (Å²) < 4.78 is 38.9. The van der Waals surface area contributed by atoms with E-state index in [0.29, 0.717) is 4.91 Å². The number of benzene rings is 2. The van der Waals surface area contributed by atoms with Crippen LogP contribution < -0.4 is 4.90 Å². The maximum Gasteiger partial charge on any atom is 0.416 e. The number of nitrogens with zero attached hydrogens (tertiary/aromatic N) is 1. The third-order valence-electron chi connectivity index (χ3n) is 3.70. The van der Waals surface area contributed by atoms with Gasteiger partial charge in [0, 0.05) is 0 Å². The molecule has 1 heterocycles. The third-order valence-corrected chi connectivity index (χ3v) is 5.00.